The van der Waals surface area contributed by atoms with E-state index in [9.17, 15) is 18.5 Å². The fraction of sp³-hybridized carbons (Fsp3) is 0.500. The van der Waals surface area contributed by atoms with Crippen LogP contribution < -0.4 is 5.32 Å². The molecule has 1 saturated heterocycles. The van der Waals surface area contributed by atoms with E-state index in [4.69, 9.17) is 0 Å². The van der Waals surface area contributed by atoms with Crippen molar-refractivity contribution < 1.29 is 13.3 Å². The first-order chi connectivity index (χ1) is 9.53. The quantitative estimate of drug-likeness (QED) is 0.663. The summed E-state index contributed by atoms with van der Waals surface area (Å²) in [5.74, 6) is 0. The van der Waals surface area contributed by atoms with E-state index in [1.54, 1.807) is 0 Å². The van der Waals surface area contributed by atoms with Gasteiger partial charge in [-0.15, -0.1) is 0 Å². The average Bonchev–Trinajstić information content (AvgIpc) is 2.37. The van der Waals surface area contributed by atoms with Crippen LogP contribution in [0.5, 0.6) is 0 Å². The molecule has 0 bridgehead atoms. The van der Waals surface area contributed by atoms with Crippen molar-refractivity contribution in [3.63, 3.8) is 0 Å². The van der Waals surface area contributed by atoms with Gasteiger partial charge in [-0.25, -0.2) is 8.42 Å². The van der Waals surface area contributed by atoms with Crippen LogP contribution in [-0.4, -0.2) is 43.8 Å². The molecule has 0 radical (unpaired) electrons. The minimum Gasteiger partial charge on any atom is -0.317 e. The number of hydrogen-bond acceptors (Lipinski definition) is 5. The Balaban J connectivity index is 2.36. The van der Waals surface area contributed by atoms with Gasteiger partial charge in [0.25, 0.3) is 5.69 Å². The molecule has 0 spiro atoms. The van der Waals surface area contributed by atoms with E-state index in [0.717, 1.165) is 13.1 Å². The van der Waals surface area contributed by atoms with Gasteiger partial charge in [0.05, 0.1) is 4.92 Å². The largest absolute Gasteiger partial charge is 0.317 e. The van der Waals surface area contributed by atoms with Gasteiger partial charge in [-0.05, 0) is 32.0 Å². The van der Waals surface area contributed by atoms with Crippen LogP contribution in [0.25, 0.3) is 0 Å². The maximum Gasteiger partial charge on any atom is 0.289 e. The van der Waals surface area contributed by atoms with Gasteiger partial charge >= 0.3 is 0 Å². The molecule has 0 aromatic heterocycles. The molecular formula is C12H17N3O4S. The summed E-state index contributed by atoms with van der Waals surface area (Å²) in [5, 5.41) is 14.2. The summed E-state index contributed by atoms with van der Waals surface area (Å²) < 4.78 is 26.5. The first kappa shape index (κ1) is 14.9. The Hall–Kier alpha value is -1.51. The van der Waals surface area contributed by atoms with Crippen LogP contribution in [0.15, 0.2) is 29.2 Å². The molecule has 0 aliphatic carbocycles. The van der Waals surface area contributed by atoms with E-state index >= 15 is 0 Å². The topological polar surface area (TPSA) is 92.5 Å². The van der Waals surface area contributed by atoms with Gasteiger partial charge in [0, 0.05) is 19.2 Å². The number of hydrogen-bond donors (Lipinski definition) is 1. The Bertz CT molecular complexity index is 580. The van der Waals surface area contributed by atoms with Crippen LogP contribution in [0.1, 0.15) is 12.8 Å². The van der Waals surface area contributed by atoms with Crippen LogP contribution >= 0.6 is 0 Å². The van der Waals surface area contributed by atoms with Crippen molar-refractivity contribution in [2.24, 2.45) is 0 Å². The molecule has 2 rings (SSSR count). The van der Waals surface area contributed by atoms with Crippen LogP contribution in [0.2, 0.25) is 0 Å². The Morgan fingerprint density at radius 2 is 1.75 bits per heavy atom. The highest BCUT2D eigenvalue weighted by Gasteiger charge is 2.31. The Labute approximate surface area is 117 Å². The molecule has 0 amide bonds. The molecule has 0 unspecified atom stereocenters. The Morgan fingerprint density at radius 1 is 1.15 bits per heavy atom. The average molecular weight is 299 g/mol. The highest BCUT2D eigenvalue weighted by atomic mass is 32.2. The zero-order chi connectivity index (χ0) is 14.6. The molecule has 110 valence electrons. The monoisotopic (exact) mass is 299 g/mol. The maximum absolute atomic E-state index is 12.6. The number of nitrogens with one attached hydrogen (secondary N) is 1. The van der Waals surface area contributed by atoms with Gasteiger partial charge in [0.2, 0.25) is 10.0 Å². The molecule has 20 heavy (non-hydrogen) atoms. The molecule has 1 N–H and O–H groups in total. The summed E-state index contributed by atoms with van der Waals surface area (Å²) in [7, 11) is -3.81. The molecule has 1 heterocycles. The summed E-state index contributed by atoms with van der Waals surface area (Å²) in [6.45, 7) is 2.26. The predicted octanol–water partition coefficient (Wildman–Crippen LogP) is 0.969. The van der Waals surface area contributed by atoms with Gasteiger partial charge < -0.3 is 5.32 Å². The lowest BCUT2D eigenvalue weighted by molar-refractivity contribution is -0.387. The van der Waals surface area contributed by atoms with Gasteiger partial charge in [0.15, 0.2) is 4.90 Å². The number of nitro groups is 1. The normalized spacial score (nSPS) is 18.2. The van der Waals surface area contributed by atoms with Crippen molar-refractivity contribution >= 4 is 15.7 Å². The smallest absolute Gasteiger partial charge is 0.289 e. The van der Waals surface area contributed by atoms with E-state index in [2.05, 4.69) is 5.32 Å². The number of nitro benzene ring substituents is 1. The molecule has 7 nitrogen and oxygen atoms in total. The second-order valence-corrected chi connectivity index (χ2v) is 6.49. The molecular weight excluding hydrogens is 282 g/mol. The fourth-order valence-corrected chi connectivity index (χ4v) is 3.88. The van der Waals surface area contributed by atoms with Crippen molar-refractivity contribution in [1.82, 2.24) is 9.62 Å². The minimum absolute atomic E-state index is 0.224. The number of para-hydroxylation sites is 1. The molecule has 1 aliphatic heterocycles. The van der Waals surface area contributed by atoms with Crippen molar-refractivity contribution in [1.29, 1.82) is 0 Å². The van der Waals surface area contributed by atoms with E-state index in [-0.39, 0.29) is 10.6 Å². The third kappa shape index (κ3) is 3.14. The summed E-state index contributed by atoms with van der Waals surface area (Å²) >= 11 is 0. The predicted molar refractivity (Wildman–Crippen MR) is 74.0 cm³/mol. The lowest BCUT2D eigenvalue weighted by atomic mass is 10.3. The first-order valence-corrected chi connectivity index (χ1v) is 7.92. The Morgan fingerprint density at radius 3 is 2.35 bits per heavy atom. The highest BCUT2D eigenvalue weighted by molar-refractivity contribution is 7.89. The van der Waals surface area contributed by atoms with E-state index in [1.807, 2.05) is 0 Å². The van der Waals surface area contributed by atoms with Gasteiger partial charge in [0.1, 0.15) is 0 Å². The van der Waals surface area contributed by atoms with Gasteiger partial charge in [-0.3, -0.25) is 10.1 Å². The Kier molecular flexibility index (Phi) is 4.69. The van der Waals surface area contributed by atoms with Crippen molar-refractivity contribution in [3.8, 4) is 0 Å². The van der Waals surface area contributed by atoms with Crippen LogP contribution in [0.4, 0.5) is 5.69 Å². The molecule has 1 aromatic carbocycles. The molecule has 1 aliphatic rings. The number of sulfonamides is 1. The lowest BCUT2D eigenvalue weighted by Crippen LogP contribution is -2.38. The first-order valence-electron chi connectivity index (χ1n) is 6.48. The maximum atomic E-state index is 12.6. The van der Waals surface area contributed by atoms with Crippen molar-refractivity contribution in [2.75, 3.05) is 26.2 Å². The minimum atomic E-state index is -3.81. The number of nitrogens with zero attached hydrogens (tertiary/aromatic N) is 2. The molecule has 0 atom stereocenters. The standard InChI is InChI=1S/C12H17N3O4S/c16-15(17)11-5-1-2-6-12(11)20(18,19)14-9-3-7-13-8-4-10-14/h1-2,5-6,13H,3-4,7-10H2. The van der Waals surface area contributed by atoms with Gasteiger partial charge in [-0.1, -0.05) is 12.1 Å². The fourth-order valence-electron chi connectivity index (χ4n) is 2.20. The van der Waals surface area contributed by atoms with Crippen LogP contribution in [-0.2, 0) is 10.0 Å². The molecule has 1 aromatic rings. The second-order valence-electron chi connectivity index (χ2n) is 4.59. The van der Waals surface area contributed by atoms with Crippen LogP contribution in [0, 0.1) is 10.1 Å². The molecule has 1 fully saturated rings. The summed E-state index contributed by atoms with van der Waals surface area (Å²) in [5.41, 5.74) is -0.368. The third-order valence-electron chi connectivity index (χ3n) is 3.20. The van der Waals surface area contributed by atoms with Gasteiger partial charge in [-0.2, -0.15) is 4.31 Å². The summed E-state index contributed by atoms with van der Waals surface area (Å²) in [6.07, 6.45) is 1.39. The zero-order valence-corrected chi connectivity index (χ0v) is 11.8. The summed E-state index contributed by atoms with van der Waals surface area (Å²) in [4.78, 5) is 10.1. The molecule has 0 saturated carbocycles. The lowest BCUT2D eigenvalue weighted by Gasteiger charge is -2.24. The third-order valence-corrected chi connectivity index (χ3v) is 5.15. The van der Waals surface area contributed by atoms with Crippen LogP contribution in [0.3, 0.4) is 0 Å². The van der Waals surface area contributed by atoms with E-state index in [0.29, 0.717) is 25.9 Å². The SMILES string of the molecule is O=[N+]([O-])c1ccccc1S(=O)(=O)N1CCCNCCC1. The number of rotatable bonds is 3. The van der Waals surface area contributed by atoms with Crippen molar-refractivity contribution in [2.45, 2.75) is 17.7 Å². The van der Waals surface area contributed by atoms with E-state index < -0.39 is 14.9 Å². The summed E-state index contributed by atoms with van der Waals surface area (Å²) in [6, 6.07) is 5.49. The van der Waals surface area contributed by atoms with Crippen molar-refractivity contribution in [3.05, 3.63) is 34.4 Å². The van der Waals surface area contributed by atoms with E-state index in [1.165, 1.54) is 28.6 Å². The molecule has 8 heteroatoms. The number of benzene rings is 1. The second kappa shape index (κ2) is 6.29. The highest BCUT2D eigenvalue weighted by Crippen LogP contribution is 2.26. The zero-order valence-electron chi connectivity index (χ0n) is 11.0.